The van der Waals surface area contributed by atoms with Crippen LogP contribution in [0, 0.1) is 6.57 Å². The molecule has 1 aromatic heterocycles. The third-order valence-corrected chi connectivity index (χ3v) is 3.88. The van der Waals surface area contributed by atoms with E-state index in [1.54, 1.807) is 42.5 Å². The molecule has 3 aromatic rings. The van der Waals surface area contributed by atoms with Crippen LogP contribution in [0.3, 0.4) is 0 Å². The number of aromatic amines is 1. The van der Waals surface area contributed by atoms with E-state index in [1.807, 2.05) is 19.1 Å². The number of aromatic nitrogens is 2. The van der Waals surface area contributed by atoms with Crippen molar-refractivity contribution in [2.75, 3.05) is 5.32 Å². The minimum absolute atomic E-state index is 0.00755. The lowest BCUT2D eigenvalue weighted by atomic mass is 10.1. The number of carbonyl (C=O) groups is 1. The number of amides is 1. The van der Waals surface area contributed by atoms with Crippen molar-refractivity contribution in [2.24, 2.45) is 0 Å². The van der Waals surface area contributed by atoms with Gasteiger partial charge in [-0.3, -0.25) is 14.9 Å². The Morgan fingerprint density at radius 2 is 1.96 bits per heavy atom. The van der Waals surface area contributed by atoms with Crippen molar-refractivity contribution < 1.29 is 4.79 Å². The molecule has 0 saturated heterocycles. The Hall–Kier alpha value is -3.72. The molecular weight excluding hydrogens is 328 g/mol. The number of aryl methyl sites for hydroxylation is 1. The summed E-state index contributed by atoms with van der Waals surface area (Å²) >= 11 is 0. The minimum Gasteiger partial charge on any atom is -0.301 e. The predicted octanol–water partition coefficient (Wildman–Crippen LogP) is 3.80. The van der Waals surface area contributed by atoms with Gasteiger partial charge in [-0.15, -0.1) is 0 Å². The Bertz CT molecular complexity index is 1050. The molecular formula is C20H16N4O2. The molecule has 0 aliphatic rings. The van der Waals surface area contributed by atoms with E-state index in [4.69, 9.17) is 6.57 Å². The molecule has 0 unspecified atom stereocenters. The third kappa shape index (κ3) is 3.52. The van der Waals surface area contributed by atoms with Crippen molar-refractivity contribution in [3.63, 3.8) is 0 Å². The molecule has 0 aliphatic heterocycles. The average Bonchev–Trinajstić information content (AvgIpc) is 2.68. The monoisotopic (exact) mass is 344 g/mol. The maximum atomic E-state index is 12.5. The molecule has 0 spiro atoms. The highest BCUT2D eigenvalue weighted by atomic mass is 16.2. The molecule has 0 atom stereocenters. The lowest BCUT2D eigenvalue weighted by Crippen LogP contribution is -2.19. The summed E-state index contributed by atoms with van der Waals surface area (Å²) in [5, 5.41) is 2.60. The van der Waals surface area contributed by atoms with Crippen molar-refractivity contribution in [3.05, 3.63) is 87.5 Å². The molecule has 2 aromatic carbocycles. The van der Waals surface area contributed by atoms with Crippen LogP contribution >= 0.6 is 0 Å². The van der Waals surface area contributed by atoms with E-state index in [0.29, 0.717) is 11.1 Å². The number of benzene rings is 2. The van der Waals surface area contributed by atoms with E-state index < -0.39 is 5.56 Å². The van der Waals surface area contributed by atoms with Gasteiger partial charge in [0.2, 0.25) is 5.95 Å². The van der Waals surface area contributed by atoms with Gasteiger partial charge in [0.25, 0.3) is 17.2 Å². The van der Waals surface area contributed by atoms with E-state index in [2.05, 4.69) is 20.1 Å². The van der Waals surface area contributed by atoms with E-state index in [0.717, 1.165) is 12.0 Å². The van der Waals surface area contributed by atoms with Gasteiger partial charge in [0, 0.05) is 5.56 Å². The number of anilines is 1. The lowest BCUT2D eigenvalue weighted by Gasteiger charge is -2.09. The van der Waals surface area contributed by atoms with Crippen molar-refractivity contribution in [1.29, 1.82) is 0 Å². The van der Waals surface area contributed by atoms with Gasteiger partial charge in [0.15, 0.2) is 0 Å². The van der Waals surface area contributed by atoms with Crippen LogP contribution in [0.15, 0.2) is 59.4 Å². The molecule has 26 heavy (non-hydrogen) atoms. The molecule has 0 aliphatic carbocycles. The maximum absolute atomic E-state index is 12.5. The zero-order valence-corrected chi connectivity index (χ0v) is 14.1. The average molecular weight is 344 g/mol. The zero-order valence-electron chi connectivity index (χ0n) is 14.1. The second-order valence-electron chi connectivity index (χ2n) is 5.60. The van der Waals surface area contributed by atoms with Crippen molar-refractivity contribution in [3.8, 4) is 11.3 Å². The van der Waals surface area contributed by atoms with E-state index in [1.165, 1.54) is 0 Å². The molecule has 1 heterocycles. The summed E-state index contributed by atoms with van der Waals surface area (Å²) in [6.45, 7) is 9.25. The quantitative estimate of drug-likeness (QED) is 0.707. The van der Waals surface area contributed by atoms with Gasteiger partial charge in [-0.25, -0.2) is 9.83 Å². The van der Waals surface area contributed by atoms with Crippen LogP contribution in [0.25, 0.3) is 16.1 Å². The Kier molecular flexibility index (Phi) is 4.90. The highest BCUT2D eigenvalue weighted by Crippen LogP contribution is 2.25. The molecule has 0 radical (unpaired) electrons. The van der Waals surface area contributed by atoms with Gasteiger partial charge in [-0.05, 0) is 29.7 Å². The Balaban J connectivity index is 1.99. The maximum Gasteiger partial charge on any atom is 0.276 e. The summed E-state index contributed by atoms with van der Waals surface area (Å²) in [4.78, 5) is 34.7. The summed E-state index contributed by atoms with van der Waals surface area (Å²) in [6, 6.07) is 16.2. The Labute approximate surface area is 150 Å². The smallest absolute Gasteiger partial charge is 0.276 e. The molecule has 0 bridgehead atoms. The Morgan fingerprint density at radius 3 is 2.65 bits per heavy atom. The van der Waals surface area contributed by atoms with Crippen molar-refractivity contribution >= 4 is 17.5 Å². The van der Waals surface area contributed by atoms with Crippen LogP contribution in [-0.2, 0) is 6.42 Å². The number of hydrogen-bond donors (Lipinski definition) is 2. The van der Waals surface area contributed by atoms with Crippen LogP contribution in [0.2, 0.25) is 0 Å². The number of hydrogen-bond acceptors (Lipinski definition) is 3. The van der Waals surface area contributed by atoms with Crippen LogP contribution in [0.5, 0.6) is 0 Å². The number of H-pyrrole nitrogens is 1. The van der Waals surface area contributed by atoms with Crippen LogP contribution in [0.4, 0.5) is 11.6 Å². The van der Waals surface area contributed by atoms with Crippen LogP contribution < -0.4 is 10.9 Å². The fraction of sp³-hybridized carbons (Fsp3) is 0.100. The van der Waals surface area contributed by atoms with Gasteiger partial charge < -0.3 is 4.98 Å². The molecule has 1 amide bonds. The van der Waals surface area contributed by atoms with Crippen molar-refractivity contribution in [2.45, 2.75) is 13.3 Å². The number of nitrogens with one attached hydrogen (secondary N) is 2. The fourth-order valence-corrected chi connectivity index (χ4v) is 2.54. The number of rotatable bonds is 4. The van der Waals surface area contributed by atoms with Gasteiger partial charge in [-0.2, -0.15) is 0 Å². The molecule has 6 nitrogen and oxygen atoms in total. The molecule has 2 N–H and O–H groups in total. The standard InChI is InChI=1S/C20H16N4O2/c1-3-13-8-7-11-15(12-13)18(25)23-20-22-16(14-9-5-4-6-10-14)17(21-2)19(26)24-20/h4-12H,3H2,1H3,(H2,22,23,24,25,26). The van der Waals surface area contributed by atoms with Gasteiger partial charge in [-0.1, -0.05) is 49.4 Å². The predicted molar refractivity (Wildman–Crippen MR) is 100 cm³/mol. The highest BCUT2D eigenvalue weighted by molar-refractivity contribution is 6.03. The second kappa shape index (κ2) is 7.45. The summed E-state index contributed by atoms with van der Waals surface area (Å²) < 4.78 is 0. The summed E-state index contributed by atoms with van der Waals surface area (Å²) in [7, 11) is 0. The minimum atomic E-state index is -0.591. The third-order valence-electron chi connectivity index (χ3n) is 3.88. The van der Waals surface area contributed by atoms with Crippen molar-refractivity contribution in [1.82, 2.24) is 9.97 Å². The first kappa shape index (κ1) is 17.1. The summed E-state index contributed by atoms with van der Waals surface area (Å²) in [5.74, 6) is -0.369. The lowest BCUT2D eigenvalue weighted by molar-refractivity contribution is 0.102. The molecule has 0 saturated carbocycles. The highest BCUT2D eigenvalue weighted by Gasteiger charge is 2.15. The van der Waals surface area contributed by atoms with Crippen LogP contribution in [0.1, 0.15) is 22.8 Å². The van der Waals surface area contributed by atoms with E-state index in [-0.39, 0.29) is 23.2 Å². The van der Waals surface area contributed by atoms with E-state index in [9.17, 15) is 9.59 Å². The fourth-order valence-electron chi connectivity index (χ4n) is 2.54. The number of carbonyl (C=O) groups excluding carboxylic acids is 1. The molecule has 128 valence electrons. The summed E-state index contributed by atoms with van der Waals surface area (Å²) in [5.41, 5.74) is 1.68. The van der Waals surface area contributed by atoms with Crippen LogP contribution in [-0.4, -0.2) is 15.9 Å². The normalized spacial score (nSPS) is 10.2. The SMILES string of the molecule is [C-]#[N+]c1c(-c2ccccc2)nc(NC(=O)c2cccc(CC)c2)[nH]c1=O. The Morgan fingerprint density at radius 1 is 1.19 bits per heavy atom. The van der Waals surface area contributed by atoms with Gasteiger partial charge >= 0.3 is 0 Å². The summed E-state index contributed by atoms with van der Waals surface area (Å²) in [6.07, 6.45) is 0.814. The topological polar surface area (TPSA) is 79.2 Å². The first-order valence-electron chi connectivity index (χ1n) is 8.10. The van der Waals surface area contributed by atoms with Gasteiger partial charge in [0.1, 0.15) is 0 Å². The molecule has 0 fully saturated rings. The molecule has 6 heteroatoms. The zero-order chi connectivity index (χ0) is 18.5. The van der Waals surface area contributed by atoms with E-state index >= 15 is 0 Å². The first-order chi connectivity index (χ1) is 12.6. The van der Waals surface area contributed by atoms with Gasteiger partial charge in [0.05, 0.1) is 12.3 Å². The largest absolute Gasteiger partial charge is 0.301 e. The molecule has 3 rings (SSSR count). The second-order valence-corrected chi connectivity index (χ2v) is 5.60. The number of nitrogens with zero attached hydrogens (tertiary/aromatic N) is 2. The first-order valence-corrected chi connectivity index (χ1v) is 8.10.